The Kier molecular flexibility index (Phi) is 2.65. The molecular weight excluding hydrogens is 245 g/mol. The van der Waals surface area contributed by atoms with E-state index in [2.05, 4.69) is 15.3 Å². The molecule has 0 aliphatic carbocycles. The Bertz CT molecular complexity index is 423. The van der Waals surface area contributed by atoms with E-state index < -0.39 is 11.7 Å². The molecule has 3 fully saturated rings. The highest BCUT2D eigenvalue weighted by atomic mass is 19.4. The minimum absolute atomic E-state index is 0.298. The van der Waals surface area contributed by atoms with E-state index in [-0.39, 0.29) is 0 Å². The molecule has 0 amide bonds. The zero-order valence-corrected chi connectivity index (χ0v) is 9.61. The fourth-order valence-electron chi connectivity index (χ4n) is 2.57. The number of halogens is 3. The van der Waals surface area contributed by atoms with Crippen LogP contribution in [0.25, 0.3) is 0 Å². The molecule has 2 unspecified atom stereocenters. The largest absolute Gasteiger partial charge is 0.419 e. The van der Waals surface area contributed by atoms with Gasteiger partial charge in [-0.15, -0.1) is 0 Å². The van der Waals surface area contributed by atoms with Crippen LogP contribution in [0.15, 0.2) is 12.4 Å². The molecule has 7 heteroatoms. The monoisotopic (exact) mass is 258 g/mol. The van der Waals surface area contributed by atoms with Crippen molar-refractivity contribution in [1.82, 2.24) is 15.3 Å². The van der Waals surface area contributed by atoms with E-state index in [1.807, 2.05) is 4.90 Å². The molecule has 2 bridgehead atoms. The van der Waals surface area contributed by atoms with Gasteiger partial charge in [0.2, 0.25) is 5.95 Å². The van der Waals surface area contributed by atoms with Gasteiger partial charge in [0.05, 0.1) is 5.56 Å². The van der Waals surface area contributed by atoms with Crippen molar-refractivity contribution < 1.29 is 13.2 Å². The van der Waals surface area contributed by atoms with Crippen molar-refractivity contribution in [3.05, 3.63) is 18.0 Å². The van der Waals surface area contributed by atoms with E-state index in [0.29, 0.717) is 18.0 Å². The Morgan fingerprint density at radius 3 is 2.39 bits per heavy atom. The molecule has 0 aromatic carbocycles. The van der Waals surface area contributed by atoms with Gasteiger partial charge in [-0.3, -0.25) is 0 Å². The standard InChI is InChI=1S/C11H13F3N4/c12-11(13,14)7-3-16-10(17-4-7)18-6-8-1-2-9(18)5-15-8/h3-4,8-9,15H,1-2,5-6H2. The second-order valence-electron chi connectivity index (χ2n) is 4.76. The molecule has 98 valence electrons. The van der Waals surface area contributed by atoms with Gasteiger partial charge in [0, 0.05) is 37.6 Å². The summed E-state index contributed by atoms with van der Waals surface area (Å²) in [4.78, 5) is 9.71. The predicted molar refractivity (Wildman–Crippen MR) is 59.2 cm³/mol. The van der Waals surface area contributed by atoms with Crippen molar-refractivity contribution in [2.45, 2.75) is 31.1 Å². The van der Waals surface area contributed by atoms with Gasteiger partial charge in [-0.2, -0.15) is 13.2 Å². The van der Waals surface area contributed by atoms with E-state index in [1.54, 1.807) is 0 Å². The molecule has 4 rings (SSSR count). The molecule has 4 nitrogen and oxygen atoms in total. The third-order valence-electron chi connectivity index (χ3n) is 3.57. The van der Waals surface area contributed by atoms with Crippen molar-refractivity contribution >= 4 is 5.95 Å². The lowest BCUT2D eigenvalue weighted by Crippen LogP contribution is -2.61. The van der Waals surface area contributed by atoms with Gasteiger partial charge in [-0.25, -0.2) is 9.97 Å². The van der Waals surface area contributed by atoms with Gasteiger partial charge in [-0.05, 0) is 12.8 Å². The molecule has 1 N–H and O–H groups in total. The lowest BCUT2D eigenvalue weighted by Gasteiger charge is -2.45. The maximum absolute atomic E-state index is 12.4. The fourth-order valence-corrected chi connectivity index (χ4v) is 2.57. The number of hydrogen-bond acceptors (Lipinski definition) is 4. The van der Waals surface area contributed by atoms with Crippen molar-refractivity contribution in [2.75, 3.05) is 18.0 Å². The smallest absolute Gasteiger partial charge is 0.335 e. The summed E-state index contributed by atoms with van der Waals surface area (Å²) in [6.45, 7) is 1.63. The van der Waals surface area contributed by atoms with Gasteiger partial charge >= 0.3 is 6.18 Å². The van der Waals surface area contributed by atoms with Crippen LogP contribution in [0.5, 0.6) is 0 Å². The number of piperazine rings is 1. The fraction of sp³-hybridized carbons (Fsp3) is 0.636. The number of rotatable bonds is 1. The Labute approximate surface area is 102 Å². The van der Waals surface area contributed by atoms with E-state index in [0.717, 1.165) is 38.3 Å². The summed E-state index contributed by atoms with van der Waals surface area (Å²) in [5.74, 6) is 0.402. The molecule has 4 heterocycles. The van der Waals surface area contributed by atoms with Gasteiger partial charge in [-0.1, -0.05) is 0 Å². The second kappa shape index (κ2) is 4.08. The zero-order chi connectivity index (χ0) is 12.8. The number of aromatic nitrogens is 2. The van der Waals surface area contributed by atoms with E-state index in [9.17, 15) is 13.2 Å². The van der Waals surface area contributed by atoms with Crippen LogP contribution < -0.4 is 10.2 Å². The summed E-state index contributed by atoms with van der Waals surface area (Å²) in [5, 5.41) is 3.38. The SMILES string of the molecule is FC(F)(F)c1cnc(N2CC3CCC2CN3)nc1. The quantitative estimate of drug-likeness (QED) is 0.827. The van der Waals surface area contributed by atoms with E-state index in [1.165, 1.54) is 0 Å². The van der Waals surface area contributed by atoms with Crippen LogP contribution in [0.2, 0.25) is 0 Å². The van der Waals surface area contributed by atoms with Crippen LogP contribution in [0.4, 0.5) is 19.1 Å². The third kappa shape index (κ3) is 2.03. The first-order valence-electron chi connectivity index (χ1n) is 5.93. The summed E-state index contributed by atoms with van der Waals surface area (Å²) >= 11 is 0. The first-order chi connectivity index (χ1) is 8.54. The number of nitrogens with one attached hydrogen (secondary N) is 1. The Hall–Kier alpha value is -1.37. The lowest BCUT2D eigenvalue weighted by molar-refractivity contribution is -0.138. The second-order valence-corrected chi connectivity index (χ2v) is 4.76. The highest BCUT2D eigenvalue weighted by Crippen LogP contribution is 2.30. The van der Waals surface area contributed by atoms with Crippen LogP contribution in [-0.2, 0) is 6.18 Å². The average Bonchev–Trinajstić information content (AvgIpc) is 2.39. The molecule has 0 spiro atoms. The summed E-state index contributed by atoms with van der Waals surface area (Å²) in [5.41, 5.74) is -0.799. The van der Waals surface area contributed by atoms with Crippen molar-refractivity contribution in [2.24, 2.45) is 0 Å². The first kappa shape index (κ1) is 11.7. The number of anilines is 1. The summed E-state index contributed by atoms with van der Waals surface area (Å²) in [6, 6.07) is 0.702. The molecule has 18 heavy (non-hydrogen) atoms. The van der Waals surface area contributed by atoms with Crippen LogP contribution in [0.3, 0.4) is 0 Å². The number of fused-ring (bicyclic) bond motifs is 3. The summed E-state index contributed by atoms with van der Waals surface area (Å²) in [6.07, 6.45) is -0.499. The zero-order valence-electron chi connectivity index (χ0n) is 9.61. The summed E-state index contributed by atoms with van der Waals surface area (Å²) < 4.78 is 37.2. The molecule has 0 saturated carbocycles. The van der Waals surface area contributed by atoms with Gasteiger partial charge < -0.3 is 10.2 Å². The number of nitrogens with zero attached hydrogens (tertiary/aromatic N) is 3. The van der Waals surface area contributed by atoms with Gasteiger partial charge in [0.1, 0.15) is 0 Å². The highest BCUT2D eigenvalue weighted by molar-refractivity contribution is 5.35. The first-order valence-corrected chi connectivity index (χ1v) is 5.93. The van der Waals surface area contributed by atoms with Crippen LogP contribution >= 0.6 is 0 Å². The third-order valence-corrected chi connectivity index (χ3v) is 3.57. The molecule has 2 atom stereocenters. The highest BCUT2D eigenvalue weighted by Gasteiger charge is 2.36. The van der Waals surface area contributed by atoms with Crippen LogP contribution in [0.1, 0.15) is 18.4 Å². The van der Waals surface area contributed by atoms with Crippen LogP contribution in [-0.4, -0.2) is 35.1 Å². The van der Waals surface area contributed by atoms with Crippen LogP contribution in [0, 0.1) is 0 Å². The molecule has 3 saturated heterocycles. The van der Waals surface area contributed by atoms with E-state index in [4.69, 9.17) is 0 Å². The van der Waals surface area contributed by atoms with Gasteiger partial charge in [0.15, 0.2) is 0 Å². The topological polar surface area (TPSA) is 41.1 Å². The number of piperidine rings is 2. The molecule has 3 aliphatic rings. The molecule has 1 aromatic heterocycles. The lowest BCUT2D eigenvalue weighted by atomic mass is 9.93. The average molecular weight is 258 g/mol. The van der Waals surface area contributed by atoms with Gasteiger partial charge in [0.25, 0.3) is 0 Å². The molecule has 1 aromatic rings. The molecule has 3 aliphatic heterocycles. The van der Waals surface area contributed by atoms with Crippen molar-refractivity contribution in [3.8, 4) is 0 Å². The Morgan fingerprint density at radius 1 is 1.22 bits per heavy atom. The Morgan fingerprint density at radius 2 is 1.94 bits per heavy atom. The molecule has 0 radical (unpaired) electrons. The van der Waals surface area contributed by atoms with E-state index >= 15 is 0 Å². The number of hydrogen-bond donors (Lipinski definition) is 1. The maximum Gasteiger partial charge on any atom is 0.419 e. The van der Waals surface area contributed by atoms with Crippen molar-refractivity contribution in [1.29, 1.82) is 0 Å². The maximum atomic E-state index is 12.4. The minimum atomic E-state index is -4.37. The molecular formula is C11H13F3N4. The normalized spacial score (nSPS) is 27.6. The van der Waals surface area contributed by atoms with Crippen molar-refractivity contribution in [3.63, 3.8) is 0 Å². The number of alkyl halides is 3. The summed E-state index contributed by atoms with van der Waals surface area (Å²) in [7, 11) is 0. The minimum Gasteiger partial charge on any atom is -0.335 e. The Balaban J connectivity index is 1.81. The predicted octanol–water partition coefficient (Wildman–Crippen LogP) is 1.44.